The summed E-state index contributed by atoms with van der Waals surface area (Å²) in [5.41, 5.74) is 0.940. The molecule has 4 aromatic rings. The van der Waals surface area contributed by atoms with E-state index in [1.807, 2.05) is 13.8 Å². The number of aromatic hydroxyl groups is 1. The smallest absolute Gasteiger partial charge is 0.277 e. The summed E-state index contributed by atoms with van der Waals surface area (Å²) in [6.07, 6.45) is 2.23. The highest BCUT2D eigenvalue weighted by Gasteiger charge is 2.31. The van der Waals surface area contributed by atoms with Crippen LogP contribution in [0.1, 0.15) is 56.1 Å². The zero-order chi connectivity index (χ0) is 28.2. The van der Waals surface area contributed by atoms with Crippen molar-refractivity contribution >= 4 is 9.84 Å². The van der Waals surface area contributed by atoms with Crippen molar-refractivity contribution in [3.63, 3.8) is 0 Å². The van der Waals surface area contributed by atoms with E-state index < -0.39 is 38.0 Å². The second-order valence-electron chi connectivity index (χ2n) is 9.13. The van der Waals surface area contributed by atoms with E-state index in [0.29, 0.717) is 41.5 Å². The Hall–Kier alpha value is -4.29. The van der Waals surface area contributed by atoms with Crippen molar-refractivity contribution in [1.82, 2.24) is 9.55 Å². The Morgan fingerprint density at radius 1 is 1.05 bits per heavy atom. The number of aryl methyl sites for hydroxylation is 1. The van der Waals surface area contributed by atoms with E-state index in [4.69, 9.17) is 0 Å². The zero-order valence-electron chi connectivity index (χ0n) is 21.6. The maximum atomic E-state index is 14.2. The van der Waals surface area contributed by atoms with Crippen LogP contribution in [-0.4, -0.2) is 23.1 Å². The van der Waals surface area contributed by atoms with E-state index in [0.717, 1.165) is 6.42 Å². The van der Waals surface area contributed by atoms with Gasteiger partial charge in [0, 0.05) is 12.0 Å². The first-order valence-corrected chi connectivity index (χ1v) is 14.2. The van der Waals surface area contributed by atoms with Crippen LogP contribution in [0, 0.1) is 17.1 Å². The molecule has 0 aliphatic rings. The molecular formula is C30H28FN3O4S. The van der Waals surface area contributed by atoms with Gasteiger partial charge in [0.25, 0.3) is 5.56 Å². The van der Waals surface area contributed by atoms with Gasteiger partial charge in [0.05, 0.1) is 22.6 Å². The molecule has 0 amide bonds. The molecule has 7 nitrogen and oxygen atoms in total. The molecule has 0 saturated carbocycles. The Labute approximate surface area is 226 Å². The Bertz CT molecular complexity index is 1710. The summed E-state index contributed by atoms with van der Waals surface area (Å²) in [5.74, 6) is -1.05. The fraction of sp³-hybridized carbons (Fsp3) is 0.233. The minimum absolute atomic E-state index is 0.232. The maximum absolute atomic E-state index is 14.2. The molecule has 0 spiro atoms. The van der Waals surface area contributed by atoms with Crippen molar-refractivity contribution in [2.45, 2.75) is 55.4 Å². The third kappa shape index (κ3) is 5.47. The highest BCUT2D eigenvalue weighted by atomic mass is 32.2. The normalized spacial score (nSPS) is 12.2. The summed E-state index contributed by atoms with van der Waals surface area (Å²) in [7, 11) is -4.50. The Morgan fingerprint density at radius 2 is 1.77 bits per heavy atom. The van der Waals surface area contributed by atoms with Crippen LogP contribution in [0.4, 0.5) is 4.39 Å². The van der Waals surface area contributed by atoms with Gasteiger partial charge in [-0.2, -0.15) is 10.2 Å². The van der Waals surface area contributed by atoms with Crippen LogP contribution < -0.4 is 5.56 Å². The minimum Gasteiger partial charge on any atom is -0.492 e. The van der Waals surface area contributed by atoms with Crippen molar-refractivity contribution in [2.75, 3.05) is 0 Å². The number of halogens is 1. The molecule has 0 aliphatic carbocycles. The van der Waals surface area contributed by atoms with E-state index in [-0.39, 0.29) is 10.7 Å². The quantitative estimate of drug-likeness (QED) is 0.284. The predicted molar refractivity (Wildman–Crippen MR) is 146 cm³/mol. The number of unbranched alkanes of at least 4 members (excludes halogenated alkanes) is 1. The lowest BCUT2D eigenvalue weighted by atomic mass is 10.0. The molecule has 1 atom stereocenters. The molecule has 1 aromatic heterocycles. The first-order valence-electron chi connectivity index (χ1n) is 12.7. The Balaban J connectivity index is 1.88. The summed E-state index contributed by atoms with van der Waals surface area (Å²) < 4.78 is 42.9. The van der Waals surface area contributed by atoms with Gasteiger partial charge in [-0.15, -0.1) is 0 Å². The van der Waals surface area contributed by atoms with Gasteiger partial charge in [-0.25, -0.2) is 12.8 Å². The highest BCUT2D eigenvalue weighted by molar-refractivity contribution is 7.91. The van der Waals surface area contributed by atoms with Crippen LogP contribution in [0.3, 0.4) is 0 Å². The van der Waals surface area contributed by atoms with Gasteiger partial charge in [0.15, 0.2) is 4.90 Å². The molecule has 4 rings (SSSR count). The fourth-order valence-corrected chi connectivity index (χ4v) is 5.97. The van der Waals surface area contributed by atoms with Crippen molar-refractivity contribution in [3.8, 4) is 23.1 Å². The van der Waals surface area contributed by atoms with Crippen LogP contribution in [0.2, 0.25) is 0 Å². The summed E-state index contributed by atoms with van der Waals surface area (Å²) in [5, 5.41) is 20.1. The molecule has 1 N–H and O–H groups in total. The molecule has 3 aromatic carbocycles. The van der Waals surface area contributed by atoms with E-state index >= 15 is 0 Å². The number of sulfone groups is 1. The molecule has 9 heteroatoms. The molecule has 0 aliphatic heterocycles. The summed E-state index contributed by atoms with van der Waals surface area (Å²) in [4.78, 5) is 17.1. The molecule has 0 bridgehead atoms. The Kier molecular flexibility index (Phi) is 8.27. The average Bonchev–Trinajstić information content (AvgIpc) is 2.94. The van der Waals surface area contributed by atoms with E-state index in [1.54, 1.807) is 42.5 Å². The van der Waals surface area contributed by atoms with E-state index in [1.165, 1.54) is 34.9 Å². The van der Waals surface area contributed by atoms with Gasteiger partial charge in [0.2, 0.25) is 15.7 Å². The van der Waals surface area contributed by atoms with Crippen molar-refractivity contribution in [3.05, 3.63) is 106 Å². The van der Waals surface area contributed by atoms with Crippen LogP contribution in [0.25, 0.3) is 11.1 Å². The molecule has 200 valence electrons. The molecule has 0 saturated heterocycles. The van der Waals surface area contributed by atoms with Gasteiger partial charge in [-0.05, 0) is 54.3 Å². The minimum atomic E-state index is -4.50. The van der Waals surface area contributed by atoms with Gasteiger partial charge < -0.3 is 5.11 Å². The fourth-order valence-electron chi connectivity index (χ4n) is 4.63. The lowest BCUT2D eigenvalue weighted by molar-refractivity contribution is 0.406. The van der Waals surface area contributed by atoms with Crippen LogP contribution >= 0.6 is 0 Å². The Morgan fingerprint density at radius 3 is 2.41 bits per heavy atom. The van der Waals surface area contributed by atoms with Crippen molar-refractivity contribution in [2.24, 2.45) is 0 Å². The third-order valence-corrected chi connectivity index (χ3v) is 8.39. The van der Waals surface area contributed by atoms with Gasteiger partial charge in [-0.3, -0.25) is 9.36 Å². The van der Waals surface area contributed by atoms with E-state index in [9.17, 15) is 28.0 Å². The summed E-state index contributed by atoms with van der Waals surface area (Å²) >= 11 is 0. The second kappa shape index (κ2) is 11.6. The average molecular weight is 546 g/mol. The monoisotopic (exact) mass is 545 g/mol. The molecular weight excluding hydrogens is 517 g/mol. The van der Waals surface area contributed by atoms with Crippen LogP contribution in [0.5, 0.6) is 5.88 Å². The largest absolute Gasteiger partial charge is 0.492 e. The standard InChI is InChI=1S/C30H28FN3O4S/c1-3-5-13-27-33-29(35)28(30(36)34(27)26(4-2)22-10-8-9-20(18-22)19-32)39(37,38)23-16-14-21(15-17-23)24-11-6-7-12-25(24)31/h6-12,14-18,26,35H,3-5,13H2,1-2H3/t26-/m0/s1. The lowest BCUT2D eigenvalue weighted by Crippen LogP contribution is -2.33. The molecule has 1 heterocycles. The van der Waals surface area contributed by atoms with Crippen molar-refractivity contribution < 1.29 is 17.9 Å². The first kappa shape index (κ1) is 27.7. The second-order valence-corrected chi connectivity index (χ2v) is 11.0. The molecule has 0 fully saturated rings. The number of rotatable bonds is 9. The first-order chi connectivity index (χ1) is 18.7. The summed E-state index contributed by atoms with van der Waals surface area (Å²) in [6.45, 7) is 3.82. The van der Waals surface area contributed by atoms with Gasteiger partial charge >= 0.3 is 0 Å². The van der Waals surface area contributed by atoms with Crippen molar-refractivity contribution in [1.29, 1.82) is 5.26 Å². The third-order valence-electron chi connectivity index (χ3n) is 6.60. The molecule has 0 radical (unpaired) electrons. The number of nitriles is 1. The highest BCUT2D eigenvalue weighted by Crippen LogP contribution is 2.30. The number of hydrogen-bond acceptors (Lipinski definition) is 6. The van der Waals surface area contributed by atoms with Crippen LogP contribution in [0.15, 0.2) is 87.4 Å². The number of hydrogen-bond donors (Lipinski definition) is 1. The lowest BCUT2D eigenvalue weighted by Gasteiger charge is -2.23. The summed E-state index contributed by atoms with van der Waals surface area (Å²) in [6, 6.07) is 19.8. The number of nitrogens with zero attached hydrogens (tertiary/aromatic N) is 3. The van der Waals surface area contributed by atoms with Gasteiger partial charge in [0.1, 0.15) is 11.6 Å². The SMILES string of the molecule is CCCCc1nc(O)c(S(=O)(=O)c2ccc(-c3ccccc3F)cc2)c(=O)n1[C@@H](CC)c1cccc(C#N)c1. The number of benzene rings is 3. The molecule has 0 unspecified atom stereocenters. The zero-order valence-corrected chi connectivity index (χ0v) is 22.5. The van der Waals surface area contributed by atoms with Crippen LogP contribution in [-0.2, 0) is 16.3 Å². The topological polar surface area (TPSA) is 113 Å². The molecule has 39 heavy (non-hydrogen) atoms. The van der Waals surface area contributed by atoms with E-state index in [2.05, 4.69) is 11.1 Å². The number of aromatic nitrogens is 2. The maximum Gasteiger partial charge on any atom is 0.277 e. The van der Waals surface area contributed by atoms with Gasteiger partial charge in [-0.1, -0.05) is 62.7 Å². The predicted octanol–water partition coefficient (Wildman–Crippen LogP) is 5.80.